The zero-order valence-electron chi connectivity index (χ0n) is 30.4. The molecule has 0 aliphatic heterocycles. The van der Waals surface area contributed by atoms with Crippen LogP contribution in [0, 0.1) is 26.8 Å². The van der Waals surface area contributed by atoms with Gasteiger partial charge in [0.25, 0.3) is 0 Å². The van der Waals surface area contributed by atoms with Crippen LogP contribution >= 0.6 is 0 Å². The Morgan fingerprint density at radius 1 is 0.795 bits per heavy atom. The maximum absolute atomic E-state index is 10.1. The first-order chi connectivity index (χ1) is 23.1. The Morgan fingerprint density at radius 2 is 1.59 bits per heavy atom. The van der Waals surface area contributed by atoms with E-state index in [-0.39, 0.29) is 31.4 Å². The number of carboxylic acid groups (broad SMARTS) is 1. The normalized spacial score (nSPS) is 15.0. The van der Waals surface area contributed by atoms with Crippen molar-refractivity contribution >= 4 is 16.9 Å². The number of hydrogen-bond donors (Lipinski definition) is 1. The Balaban J connectivity index is 0.000000425. The zero-order chi connectivity index (χ0) is 35.3. The van der Waals surface area contributed by atoms with Gasteiger partial charge in [-0.15, -0.1) is 34.9 Å². The first-order valence-electron chi connectivity index (χ1n) is 16.9. The second-order valence-electron chi connectivity index (χ2n) is 10.9. The number of rotatable bonds is 3. The molecule has 5 heteroatoms. The molecule has 1 aliphatic rings. The van der Waals surface area contributed by atoms with Crippen molar-refractivity contribution in [3.05, 3.63) is 143 Å². The topological polar surface area (TPSA) is 63.1 Å². The molecule has 6 aromatic rings. The fraction of sp³-hybridized carbons (Fsp3) is 0.154. The molecule has 1 radical (unpaired) electrons. The Labute approximate surface area is 280 Å². The molecule has 2 aromatic heterocycles. The summed E-state index contributed by atoms with van der Waals surface area (Å²) in [5, 5.41) is 9.15. The summed E-state index contributed by atoms with van der Waals surface area (Å²) in [4.78, 5) is 18.7. The van der Waals surface area contributed by atoms with Gasteiger partial charge in [-0.3, -0.25) is 4.98 Å². The third-order valence-corrected chi connectivity index (χ3v) is 7.61. The van der Waals surface area contributed by atoms with Gasteiger partial charge in [0.1, 0.15) is 5.69 Å². The average molecular weight is 760 g/mol. The van der Waals surface area contributed by atoms with E-state index < -0.39 is 25.1 Å². The summed E-state index contributed by atoms with van der Waals surface area (Å²) in [7, 11) is 0. The second-order valence-corrected chi connectivity index (χ2v) is 10.9. The van der Waals surface area contributed by atoms with E-state index in [0.717, 1.165) is 38.8 Å². The minimum absolute atomic E-state index is 0. The third kappa shape index (κ3) is 5.86. The number of carboxylic acids is 1. The van der Waals surface area contributed by atoms with Crippen LogP contribution in [0.15, 0.2) is 103 Å². The Hall–Kier alpha value is -4.44. The summed E-state index contributed by atoms with van der Waals surface area (Å²) in [6, 6.07) is 33.1. The van der Waals surface area contributed by atoms with Crippen LogP contribution in [0.25, 0.3) is 44.4 Å². The first-order valence-corrected chi connectivity index (χ1v) is 13.9. The van der Waals surface area contributed by atoms with E-state index in [9.17, 15) is 4.79 Å². The molecule has 0 amide bonds. The van der Waals surface area contributed by atoms with E-state index in [0.29, 0.717) is 27.9 Å². The second kappa shape index (κ2) is 12.3. The van der Waals surface area contributed by atoms with Crippen molar-refractivity contribution in [3.63, 3.8) is 0 Å². The summed E-state index contributed by atoms with van der Waals surface area (Å²) >= 11 is 0. The van der Waals surface area contributed by atoms with Crippen LogP contribution in [0.5, 0.6) is 0 Å². The van der Waals surface area contributed by atoms with E-state index in [2.05, 4.69) is 29.2 Å². The number of benzene rings is 4. The average Bonchev–Trinajstić information content (AvgIpc) is 3.34. The van der Waals surface area contributed by atoms with Crippen molar-refractivity contribution in [2.75, 3.05) is 0 Å². The summed E-state index contributed by atoms with van der Waals surface area (Å²) < 4.78 is 51.4. The number of hydrogen-bond acceptors (Lipinski definition) is 3. The smallest absolute Gasteiger partial charge is 0.354 e. The van der Waals surface area contributed by atoms with Crippen LogP contribution in [0.4, 0.5) is 0 Å². The van der Waals surface area contributed by atoms with Crippen molar-refractivity contribution in [1.82, 2.24) is 9.97 Å². The number of aryl methyl sites for hydroxylation is 3. The van der Waals surface area contributed by atoms with Gasteiger partial charge in [-0.05, 0) is 70.3 Å². The molecule has 0 fully saturated rings. The molecule has 0 spiro atoms. The van der Waals surface area contributed by atoms with Gasteiger partial charge in [0, 0.05) is 45.3 Å². The zero-order valence-corrected chi connectivity index (χ0v) is 26.8. The van der Waals surface area contributed by atoms with Crippen LogP contribution in [-0.2, 0) is 25.5 Å². The Kier molecular flexibility index (Phi) is 6.68. The summed E-state index contributed by atoms with van der Waals surface area (Å²) in [5.74, 6) is -0.990. The van der Waals surface area contributed by atoms with E-state index >= 15 is 0 Å². The summed E-state index contributed by atoms with van der Waals surface area (Å²) in [5.41, 5.74) is 6.93. The van der Waals surface area contributed by atoms with Gasteiger partial charge in [0.15, 0.2) is 0 Å². The largest absolute Gasteiger partial charge is 0.477 e. The molecule has 0 saturated carbocycles. The molecule has 1 N–H and O–H groups in total. The summed E-state index contributed by atoms with van der Waals surface area (Å²) in [6.07, 6.45) is 1.45. The number of pyridine rings is 2. The van der Waals surface area contributed by atoms with Crippen molar-refractivity contribution in [2.24, 2.45) is 0 Å². The molecule has 0 unspecified atom stereocenters. The monoisotopic (exact) mass is 760 g/mol. The minimum Gasteiger partial charge on any atom is -0.477 e. The molecule has 221 valence electrons. The van der Waals surface area contributed by atoms with Crippen LogP contribution in [0.3, 0.4) is 0 Å². The molecule has 0 bridgehead atoms. The van der Waals surface area contributed by atoms with Gasteiger partial charge in [0.05, 0.1) is 5.52 Å². The Morgan fingerprint density at radius 3 is 2.27 bits per heavy atom. The van der Waals surface area contributed by atoms with E-state index in [4.69, 9.17) is 18.3 Å². The van der Waals surface area contributed by atoms with Crippen LogP contribution in [-0.4, -0.2) is 21.0 Å². The molecular weight excluding hydrogens is 721 g/mol. The maximum Gasteiger partial charge on any atom is 0.354 e. The quantitative estimate of drug-likeness (QED) is 0.183. The molecule has 1 aliphatic carbocycles. The molecule has 0 atom stereocenters. The number of carbonyl (C=O) groups is 1. The first kappa shape index (κ1) is 23.9. The van der Waals surface area contributed by atoms with Crippen molar-refractivity contribution < 1.29 is 38.2 Å². The predicted molar refractivity (Wildman–Crippen MR) is 174 cm³/mol. The molecular formula is C39H33IrN2O2-. The van der Waals surface area contributed by atoms with E-state index in [1.165, 1.54) is 12.3 Å². The predicted octanol–water partition coefficient (Wildman–Crippen LogP) is 9.38. The van der Waals surface area contributed by atoms with Gasteiger partial charge in [0.2, 0.25) is 0 Å². The molecule has 4 nitrogen and oxygen atoms in total. The number of aromatic carboxylic acids is 1. The third-order valence-electron chi connectivity index (χ3n) is 7.61. The van der Waals surface area contributed by atoms with Gasteiger partial charge in [-0.25, -0.2) is 9.78 Å². The minimum atomic E-state index is -2.83. The van der Waals surface area contributed by atoms with Crippen LogP contribution in [0.2, 0.25) is 0 Å². The van der Waals surface area contributed by atoms with Crippen molar-refractivity contribution in [2.45, 2.75) is 39.9 Å². The van der Waals surface area contributed by atoms with Gasteiger partial charge in [-0.1, -0.05) is 93.8 Å². The molecule has 7 rings (SSSR count). The standard InChI is InChI=1S/C33H28N.C6H5NO2.Ir/c1-20-9-8-10-23(14-20)26-18-31(24-15-21(2)13-22(3)16-24)34-32-19-30-27(17-28(26)32)25-11-6-7-12-29(25)33(30,4)5;8-6(9)5-3-1-2-4-7-5;/h6-15,17-19H,1-5H3;1-4H,(H,8,9);/q-1;;/i4D3,5D3;;. The van der Waals surface area contributed by atoms with Gasteiger partial charge in [-0.2, -0.15) is 0 Å². The molecule has 44 heavy (non-hydrogen) atoms. The number of nitrogens with zero attached hydrogens (tertiary/aromatic N) is 2. The SMILES string of the molecule is O=C(O)c1ccccn1.[2H]C([2H])([2H])C1(C([2H])([2H])[2H])c2ccccc2-c2cc3c(-c4cccc(C)c4)cc(-c4[c-]c(C)cc(C)c4)nc3cc21.[Ir]. The van der Waals surface area contributed by atoms with Crippen molar-refractivity contribution in [1.29, 1.82) is 0 Å². The fourth-order valence-corrected chi connectivity index (χ4v) is 5.71. The number of aromatic nitrogens is 2. The van der Waals surface area contributed by atoms with Crippen LogP contribution in [0.1, 0.15) is 60.2 Å². The Bertz CT molecular complexity index is 2200. The fourth-order valence-electron chi connectivity index (χ4n) is 5.71. The molecule has 0 saturated heterocycles. The maximum atomic E-state index is 10.1. The van der Waals surface area contributed by atoms with Crippen molar-refractivity contribution in [3.8, 4) is 33.5 Å². The molecule has 4 aromatic carbocycles. The van der Waals surface area contributed by atoms with E-state index in [1.807, 2.05) is 63.2 Å². The van der Waals surface area contributed by atoms with Gasteiger partial charge < -0.3 is 5.11 Å². The van der Waals surface area contributed by atoms with Crippen LogP contribution < -0.4 is 0 Å². The van der Waals surface area contributed by atoms with Gasteiger partial charge >= 0.3 is 5.97 Å². The summed E-state index contributed by atoms with van der Waals surface area (Å²) in [6.45, 7) is 0.403. The number of fused-ring (bicyclic) bond motifs is 4. The molecule has 2 heterocycles. The van der Waals surface area contributed by atoms with E-state index in [1.54, 1.807) is 30.3 Å².